The van der Waals surface area contributed by atoms with Crippen LogP contribution in [-0.2, 0) is 6.54 Å². The third-order valence-electron chi connectivity index (χ3n) is 2.72. The van der Waals surface area contributed by atoms with E-state index < -0.39 is 0 Å². The summed E-state index contributed by atoms with van der Waals surface area (Å²) < 4.78 is 0. The Labute approximate surface area is 123 Å². The summed E-state index contributed by atoms with van der Waals surface area (Å²) in [7, 11) is 0. The minimum absolute atomic E-state index is 0.165. The number of carbonyl (C=O) groups is 1. The number of hydrogen-bond donors (Lipinski definition) is 3. The first kappa shape index (κ1) is 14.6. The molecule has 4 nitrogen and oxygen atoms in total. The number of urea groups is 1. The van der Waals surface area contributed by atoms with E-state index in [2.05, 4.69) is 22.5 Å². The van der Waals surface area contributed by atoms with Gasteiger partial charge in [-0.3, -0.25) is 0 Å². The van der Waals surface area contributed by atoms with E-state index in [1.165, 1.54) is 0 Å². The molecule has 0 aliphatic carbocycles. The van der Waals surface area contributed by atoms with Gasteiger partial charge in [-0.1, -0.05) is 42.2 Å². The molecule has 3 N–H and O–H groups in total. The van der Waals surface area contributed by atoms with Crippen molar-refractivity contribution in [3.8, 4) is 11.8 Å². The van der Waals surface area contributed by atoms with Crippen LogP contribution in [0.25, 0.3) is 0 Å². The second kappa shape index (κ2) is 7.73. The molecule has 0 bridgehead atoms. The van der Waals surface area contributed by atoms with Crippen molar-refractivity contribution < 1.29 is 9.90 Å². The zero-order valence-corrected chi connectivity index (χ0v) is 11.5. The zero-order chi connectivity index (χ0) is 14.9. The molecule has 0 atom stereocenters. The molecule has 0 aliphatic heterocycles. The average molecular weight is 280 g/mol. The Hall–Kier alpha value is -2.77. The lowest BCUT2D eigenvalue weighted by atomic mass is 10.1. The first-order valence-electron chi connectivity index (χ1n) is 6.56. The molecule has 4 heteroatoms. The number of rotatable bonds is 3. The molecule has 2 rings (SSSR count). The first-order chi connectivity index (χ1) is 10.3. The standard InChI is InChI=1S/C17H16N2O2/c20-11-5-8-14-6-4-7-15(12-14)13-18-17(21)19-16-9-2-1-3-10-16/h1-4,6-7,9-10,12,20H,11,13H2,(H2,18,19,21). The maximum atomic E-state index is 11.8. The number of hydrogen-bond acceptors (Lipinski definition) is 2. The number of benzene rings is 2. The van der Waals surface area contributed by atoms with Crippen molar-refractivity contribution in [3.05, 3.63) is 65.7 Å². The summed E-state index contributed by atoms with van der Waals surface area (Å²) in [5.41, 5.74) is 2.51. The van der Waals surface area contributed by atoms with Crippen molar-refractivity contribution in [1.82, 2.24) is 5.32 Å². The van der Waals surface area contributed by atoms with Crippen LogP contribution >= 0.6 is 0 Å². The van der Waals surface area contributed by atoms with Crippen LogP contribution in [-0.4, -0.2) is 17.7 Å². The third kappa shape index (κ3) is 5.01. The minimum atomic E-state index is -0.256. The first-order valence-corrected chi connectivity index (χ1v) is 6.56. The van der Waals surface area contributed by atoms with E-state index in [-0.39, 0.29) is 12.6 Å². The highest BCUT2D eigenvalue weighted by Gasteiger charge is 2.01. The Morgan fingerprint density at radius 1 is 1.10 bits per heavy atom. The summed E-state index contributed by atoms with van der Waals surface area (Å²) >= 11 is 0. The number of amides is 2. The molecular formula is C17H16N2O2. The molecular weight excluding hydrogens is 264 g/mol. The van der Waals surface area contributed by atoms with Gasteiger partial charge in [0.2, 0.25) is 0 Å². The molecule has 0 radical (unpaired) electrons. The van der Waals surface area contributed by atoms with E-state index >= 15 is 0 Å². The van der Waals surface area contributed by atoms with Crippen LogP contribution in [0.4, 0.5) is 10.5 Å². The van der Waals surface area contributed by atoms with Gasteiger partial charge in [0, 0.05) is 17.8 Å². The summed E-state index contributed by atoms with van der Waals surface area (Å²) in [6.07, 6.45) is 0. The molecule has 21 heavy (non-hydrogen) atoms. The van der Waals surface area contributed by atoms with Crippen LogP contribution in [0.3, 0.4) is 0 Å². The smallest absolute Gasteiger partial charge is 0.319 e. The van der Waals surface area contributed by atoms with E-state index in [0.717, 1.165) is 16.8 Å². The predicted octanol–water partition coefficient (Wildman–Crippen LogP) is 2.35. The lowest BCUT2D eigenvalue weighted by Gasteiger charge is -2.07. The fourth-order valence-corrected chi connectivity index (χ4v) is 1.78. The lowest BCUT2D eigenvalue weighted by molar-refractivity contribution is 0.251. The Kier molecular flexibility index (Phi) is 5.39. The Morgan fingerprint density at radius 2 is 1.90 bits per heavy atom. The van der Waals surface area contributed by atoms with E-state index in [4.69, 9.17) is 5.11 Å². The molecule has 0 unspecified atom stereocenters. The summed E-state index contributed by atoms with van der Waals surface area (Å²) in [6, 6.07) is 16.5. The van der Waals surface area contributed by atoms with E-state index in [0.29, 0.717) is 6.54 Å². The van der Waals surface area contributed by atoms with E-state index in [1.807, 2.05) is 54.6 Å². The van der Waals surface area contributed by atoms with Gasteiger partial charge in [0.25, 0.3) is 0 Å². The van der Waals surface area contributed by atoms with Crippen molar-refractivity contribution in [2.24, 2.45) is 0 Å². The Bertz CT molecular complexity index is 657. The van der Waals surface area contributed by atoms with Gasteiger partial charge in [0.15, 0.2) is 0 Å². The second-order valence-electron chi connectivity index (χ2n) is 4.33. The van der Waals surface area contributed by atoms with Crippen LogP contribution in [0.2, 0.25) is 0 Å². The van der Waals surface area contributed by atoms with Crippen molar-refractivity contribution in [1.29, 1.82) is 0 Å². The maximum absolute atomic E-state index is 11.8. The minimum Gasteiger partial charge on any atom is -0.384 e. The monoisotopic (exact) mass is 280 g/mol. The summed E-state index contributed by atoms with van der Waals surface area (Å²) in [5.74, 6) is 5.43. The Balaban J connectivity index is 1.89. The van der Waals surface area contributed by atoms with Crippen molar-refractivity contribution >= 4 is 11.7 Å². The van der Waals surface area contributed by atoms with Gasteiger partial charge in [-0.2, -0.15) is 0 Å². The molecule has 2 aromatic rings. The number of nitrogens with one attached hydrogen (secondary N) is 2. The molecule has 106 valence electrons. The number of aliphatic hydroxyl groups excluding tert-OH is 1. The lowest BCUT2D eigenvalue weighted by Crippen LogP contribution is -2.28. The second-order valence-corrected chi connectivity index (χ2v) is 4.33. The van der Waals surface area contributed by atoms with Crippen LogP contribution in [0.1, 0.15) is 11.1 Å². The number of para-hydroxylation sites is 1. The summed E-state index contributed by atoms with van der Waals surface area (Å²) in [6.45, 7) is 0.245. The van der Waals surface area contributed by atoms with E-state index in [9.17, 15) is 4.79 Å². The molecule has 0 spiro atoms. The predicted molar refractivity (Wildman–Crippen MR) is 82.7 cm³/mol. The molecule has 0 saturated heterocycles. The SMILES string of the molecule is O=C(NCc1cccc(C#CCO)c1)Nc1ccccc1. The Morgan fingerprint density at radius 3 is 2.67 bits per heavy atom. The van der Waals surface area contributed by atoms with Gasteiger partial charge in [-0.05, 0) is 29.8 Å². The normalized spacial score (nSPS) is 9.38. The van der Waals surface area contributed by atoms with Gasteiger partial charge >= 0.3 is 6.03 Å². The fraction of sp³-hybridized carbons (Fsp3) is 0.118. The molecule has 0 fully saturated rings. The highest BCUT2D eigenvalue weighted by Crippen LogP contribution is 2.06. The number of aliphatic hydroxyl groups is 1. The quantitative estimate of drug-likeness (QED) is 0.756. The average Bonchev–Trinajstić information content (AvgIpc) is 2.52. The van der Waals surface area contributed by atoms with Gasteiger partial charge in [0.1, 0.15) is 6.61 Å². The molecule has 0 aromatic heterocycles. The van der Waals surface area contributed by atoms with Gasteiger partial charge in [-0.25, -0.2) is 4.79 Å². The molecule has 0 heterocycles. The van der Waals surface area contributed by atoms with Crippen molar-refractivity contribution in [2.45, 2.75) is 6.54 Å². The summed E-state index contributed by atoms with van der Waals surface area (Å²) in [4.78, 5) is 11.8. The zero-order valence-electron chi connectivity index (χ0n) is 11.5. The van der Waals surface area contributed by atoms with Gasteiger partial charge in [-0.15, -0.1) is 0 Å². The topological polar surface area (TPSA) is 61.4 Å². The van der Waals surface area contributed by atoms with Crippen LogP contribution < -0.4 is 10.6 Å². The van der Waals surface area contributed by atoms with Crippen molar-refractivity contribution in [3.63, 3.8) is 0 Å². The van der Waals surface area contributed by atoms with Gasteiger partial charge in [0.05, 0.1) is 0 Å². The van der Waals surface area contributed by atoms with Crippen molar-refractivity contribution in [2.75, 3.05) is 11.9 Å². The molecule has 2 aromatic carbocycles. The van der Waals surface area contributed by atoms with Crippen LogP contribution in [0.5, 0.6) is 0 Å². The fourth-order valence-electron chi connectivity index (χ4n) is 1.78. The highest BCUT2D eigenvalue weighted by atomic mass is 16.2. The number of anilines is 1. The molecule has 2 amide bonds. The highest BCUT2D eigenvalue weighted by molar-refractivity contribution is 5.89. The van der Waals surface area contributed by atoms with Crippen LogP contribution in [0, 0.1) is 11.8 Å². The van der Waals surface area contributed by atoms with Crippen LogP contribution in [0.15, 0.2) is 54.6 Å². The van der Waals surface area contributed by atoms with Gasteiger partial charge < -0.3 is 15.7 Å². The molecule has 0 aliphatic rings. The largest absolute Gasteiger partial charge is 0.384 e. The van der Waals surface area contributed by atoms with E-state index in [1.54, 1.807) is 0 Å². The summed E-state index contributed by atoms with van der Waals surface area (Å²) in [5, 5.41) is 14.2. The maximum Gasteiger partial charge on any atom is 0.319 e. The number of carbonyl (C=O) groups excluding carboxylic acids is 1. The molecule has 0 saturated carbocycles. The third-order valence-corrected chi connectivity index (χ3v) is 2.72.